The molecule has 0 spiro atoms. The first-order valence-electron chi connectivity index (χ1n) is 4.45. The second kappa shape index (κ2) is 4.94. The third-order valence-electron chi connectivity index (χ3n) is 1.82. The average Bonchev–Trinajstić information content (AvgIpc) is 2.13. The Morgan fingerprint density at radius 2 is 2.13 bits per heavy atom. The summed E-state index contributed by atoms with van der Waals surface area (Å²) in [5.74, 6) is 0. The van der Waals surface area contributed by atoms with E-state index in [1.807, 2.05) is 38.1 Å². The fraction of sp³-hybridized carbons (Fsp3) is 0.273. The molecule has 0 unspecified atom stereocenters. The smallest absolute Gasteiger partial charge is 0.102 e. The number of nitriles is 1. The Balaban J connectivity index is 3.22. The van der Waals surface area contributed by atoms with Crippen molar-refractivity contribution in [2.45, 2.75) is 6.92 Å². The van der Waals surface area contributed by atoms with Crippen molar-refractivity contribution in [3.05, 3.63) is 27.7 Å². The molecule has 0 radical (unpaired) electrons. The molecule has 1 aromatic rings. The number of benzene rings is 1. The molecule has 0 atom stereocenters. The molecular weight excluding hydrogens is 254 g/mol. The van der Waals surface area contributed by atoms with Gasteiger partial charge < -0.3 is 4.90 Å². The Morgan fingerprint density at radius 1 is 1.47 bits per heavy atom. The molecule has 0 aliphatic rings. The van der Waals surface area contributed by atoms with Gasteiger partial charge in [0, 0.05) is 18.6 Å². The summed E-state index contributed by atoms with van der Waals surface area (Å²) in [4.78, 5) is 6.08. The normalized spacial score (nSPS) is 10.3. The van der Waals surface area contributed by atoms with Gasteiger partial charge in [0.2, 0.25) is 0 Å². The number of hydrogen-bond acceptors (Lipinski definition) is 2. The summed E-state index contributed by atoms with van der Waals surface area (Å²) in [6.07, 6.45) is 1.68. The van der Waals surface area contributed by atoms with Crippen LogP contribution >= 0.6 is 15.9 Å². The molecule has 3 nitrogen and oxygen atoms in total. The lowest BCUT2D eigenvalue weighted by atomic mass is 10.1. The first kappa shape index (κ1) is 11.7. The van der Waals surface area contributed by atoms with Crippen LogP contribution in [-0.2, 0) is 0 Å². The van der Waals surface area contributed by atoms with Crippen LogP contribution in [0.1, 0.15) is 11.1 Å². The maximum absolute atomic E-state index is 9.00. The van der Waals surface area contributed by atoms with Gasteiger partial charge in [-0.05, 0) is 24.6 Å². The third-order valence-corrected chi connectivity index (χ3v) is 2.28. The van der Waals surface area contributed by atoms with E-state index in [0.717, 1.165) is 10.0 Å². The summed E-state index contributed by atoms with van der Waals surface area (Å²) in [5.41, 5.74) is 2.24. The lowest BCUT2D eigenvalue weighted by Crippen LogP contribution is -2.07. The van der Waals surface area contributed by atoms with Gasteiger partial charge in [-0.25, -0.2) is 4.99 Å². The molecule has 1 aromatic carbocycles. The van der Waals surface area contributed by atoms with E-state index in [2.05, 4.69) is 27.0 Å². The summed E-state index contributed by atoms with van der Waals surface area (Å²) >= 11 is 3.39. The zero-order chi connectivity index (χ0) is 11.4. The minimum absolute atomic E-state index is 0.622. The van der Waals surface area contributed by atoms with Crippen molar-refractivity contribution >= 4 is 28.0 Å². The maximum Gasteiger partial charge on any atom is 0.102 e. The zero-order valence-electron chi connectivity index (χ0n) is 8.95. The topological polar surface area (TPSA) is 39.4 Å². The van der Waals surface area contributed by atoms with E-state index in [-0.39, 0.29) is 0 Å². The third kappa shape index (κ3) is 3.07. The van der Waals surface area contributed by atoms with Crippen molar-refractivity contribution in [3.63, 3.8) is 0 Å². The first-order valence-corrected chi connectivity index (χ1v) is 5.24. The second-order valence-corrected chi connectivity index (χ2v) is 4.35. The van der Waals surface area contributed by atoms with Crippen LogP contribution in [0, 0.1) is 18.3 Å². The minimum Gasteiger partial charge on any atom is -0.369 e. The van der Waals surface area contributed by atoms with E-state index in [0.29, 0.717) is 11.3 Å². The highest BCUT2D eigenvalue weighted by Crippen LogP contribution is 2.26. The van der Waals surface area contributed by atoms with Crippen molar-refractivity contribution in [3.8, 4) is 6.07 Å². The van der Waals surface area contributed by atoms with Gasteiger partial charge in [0.1, 0.15) is 6.07 Å². The number of hydrogen-bond donors (Lipinski definition) is 0. The molecule has 0 fully saturated rings. The molecule has 0 aromatic heterocycles. The number of rotatable bonds is 2. The van der Waals surface area contributed by atoms with Crippen LogP contribution in [0.2, 0.25) is 0 Å². The van der Waals surface area contributed by atoms with Crippen LogP contribution in [0.5, 0.6) is 0 Å². The van der Waals surface area contributed by atoms with Gasteiger partial charge in [0.15, 0.2) is 0 Å². The first-order chi connectivity index (χ1) is 7.04. The van der Waals surface area contributed by atoms with Crippen molar-refractivity contribution in [1.29, 1.82) is 5.26 Å². The Kier molecular flexibility index (Phi) is 3.87. The molecular formula is C11H12BrN3. The van der Waals surface area contributed by atoms with Crippen LogP contribution in [0.3, 0.4) is 0 Å². The highest BCUT2D eigenvalue weighted by molar-refractivity contribution is 9.10. The SMILES string of the molecule is Cc1cc(Br)cc(N=CN(C)C)c1C#N. The summed E-state index contributed by atoms with van der Waals surface area (Å²) in [6, 6.07) is 5.91. The van der Waals surface area contributed by atoms with E-state index < -0.39 is 0 Å². The number of halogens is 1. The van der Waals surface area contributed by atoms with Crippen LogP contribution in [0.25, 0.3) is 0 Å². The lowest BCUT2D eigenvalue weighted by molar-refractivity contribution is 0.643. The number of nitrogens with zero attached hydrogens (tertiary/aromatic N) is 3. The van der Waals surface area contributed by atoms with Gasteiger partial charge in [-0.1, -0.05) is 15.9 Å². The Morgan fingerprint density at radius 3 is 2.67 bits per heavy atom. The molecule has 15 heavy (non-hydrogen) atoms. The van der Waals surface area contributed by atoms with Gasteiger partial charge in [0.05, 0.1) is 17.6 Å². The summed E-state index contributed by atoms with van der Waals surface area (Å²) in [7, 11) is 3.78. The molecule has 0 bridgehead atoms. The molecule has 0 amide bonds. The van der Waals surface area contributed by atoms with Crippen molar-refractivity contribution in [2.75, 3.05) is 14.1 Å². The van der Waals surface area contributed by atoms with Gasteiger partial charge in [-0.3, -0.25) is 0 Å². The van der Waals surface area contributed by atoms with Gasteiger partial charge in [-0.2, -0.15) is 5.26 Å². The maximum atomic E-state index is 9.00. The summed E-state index contributed by atoms with van der Waals surface area (Å²) < 4.78 is 0.935. The second-order valence-electron chi connectivity index (χ2n) is 3.44. The fourth-order valence-corrected chi connectivity index (χ4v) is 1.71. The summed E-state index contributed by atoms with van der Waals surface area (Å²) in [5, 5.41) is 9.00. The predicted molar refractivity (Wildman–Crippen MR) is 65.4 cm³/mol. The average molecular weight is 266 g/mol. The van der Waals surface area contributed by atoms with Crippen LogP contribution in [-0.4, -0.2) is 25.3 Å². The monoisotopic (exact) mass is 265 g/mol. The van der Waals surface area contributed by atoms with Crippen LogP contribution < -0.4 is 0 Å². The largest absolute Gasteiger partial charge is 0.369 e. The molecule has 1 rings (SSSR count). The quantitative estimate of drug-likeness (QED) is 0.610. The van der Waals surface area contributed by atoms with E-state index in [4.69, 9.17) is 5.26 Å². The molecule has 0 aliphatic heterocycles. The van der Waals surface area contributed by atoms with E-state index in [1.165, 1.54) is 0 Å². The van der Waals surface area contributed by atoms with Crippen molar-refractivity contribution in [1.82, 2.24) is 4.90 Å². The standard InChI is InChI=1S/C11H12BrN3/c1-8-4-9(12)5-11(10(8)6-13)14-7-15(2)3/h4-5,7H,1-3H3. The summed E-state index contributed by atoms with van der Waals surface area (Å²) in [6.45, 7) is 1.90. The molecule has 0 N–H and O–H groups in total. The minimum atomic E-state index is 0.622. The highest BCUT2D eigenvalue weighted by atomic mass is 79.9. The fourth-order valence-electron chi connectivity index (χ4n) is 1.15. The van der Waals surface area contributed by atoms with E-state index in [9.17, 15) is 0 Å². The molecule has 4 heteroatoms. The molecule has 78 valence electrons. The number of aliphatic imine (C=N–C) groups is 1. The lowest BCUT2D eigenvalue weighted by Gasteiger charge is -2.05. The predicted octanol–water partition coefficient (Wildman–Crippen LogP) is 2.85. The Bertz CT molecular complexity index is 430. The van der Waals surface area contributed by atoms with Gasteiger partial charge in [-0.15, -0.1) is 0 Å². The van der Waals surface area contributed by atoms with Crippen LogP contribution in [0.15, 0.2) is 21.6 Å². The van der Waals surface area contributed by atoms with E-state index in [1.54, 1.807) is 6.34 Å². The van der Waals surface area contributed by atoms with E-state index >= 15 is 0 Å². The molecule has 0 saturated heterocycles. The van der Waals surface area contributed by atoms with Gasteiger partial charge >= 0.3 is 0 Å². The van der Waals surface area contributed by atoms with Crippen molar-refractivity contribution in [2.24, 2.45) is 4.99 Å². The van der Waals surface area contributed by atoms with Crippen LogP contribution in [0.4, 0.5) is 5.69 Å². The molecule has 0 aliphatic carbocycles. The molecule has 0 heterocycles. The highest BCUT2D eigenvalue weighted by Gasteiger charge is 2.05. The zero-order valence-corrected chi connectivity index (χ0v) is 10.5. The molecule has 0 saturated carbocycles. The van der Waals surface area contributed by atoms with Gasteiger partial charge in [0.25, 0.3) is 0 Å². The Hall–Kier alpha value is -1.34. The van der Waals surface area contributed by atoms with Crippen molar-refractivity contribution < 1.29 is 0 Å². The Labute approximate surface area is 98.2 Å². The number of aryl methyl sites for hydroxylation is 1.